The van der Waals surface area contributed by atoms with Gasteiger partial charge in [-0.25, -0.2) is 0 Å². The molecule has 0 fully saturated rings. The van der Waals surface area contributed by atoms with E-state index in [1.54, 1.807) is 0 Å². The van der Waals surface area contributed by atoms with Crippen molar-refractivity contribution in [1.82, 2.24) is 5.32 Å². The van der Waals surface area contributed by atoms with E-state index in [0.29, 0.717) is 6.54 Å². The standard InChI is InChI=1S/C14H20N4O2/c1-18-5-4-10-6-9(2-3-12(10)18)8-17-14(20)11(15)7-13(16)19/h2-3,6,11H,4-5,7-8,15H2,1H3,(H2,16,19)(H,17,20)/t11-/m0/s1. The molecule has 0 aromatic heterocycles. The van der Waals surface area contributed by atoms with Crippen LogP contribution in [0.1, 0.15) is 17.5 Å². The van der Waals surface area contributed by atoms with Gasteiger partial charge in [-0.2, -0.15) is 0 Å². The van der Waals surface area contributed by atoms with Crippen LogP contribution in [0.4, 0.5) is 5.69 Å². The monoisotopic (exact) mass is 276 g/mol. The molecule has 0 saturated heterocycles. The van der Waals surface area contributed by atoms with Gasteiger partial charge in [-0.1, -0.05) is 12.1 Å². The van der Waals surface area contributed by atoms with Gasteiger partial charge in [-0.05, 0) is 23.6 Å². The number of nitrogens with zero attached hydrogens (tertiary/aromatic N) is 1. The van der Waals surface area contributed by atoms with Crippen LogP contribution >= 0.6 is 0 Å². The number of hydrogen-bond donors (Lipinski definition) is 3. The smallest absolute Gasteiger partial charge is 0.237 e. The third-order valence-corrected chi connectivity index (χ3v) is 3.50. The number of primary amides is 1. The summed E-state index contributed by atoms with van der Waals surface area (Å²) < 4.78 is 0. The average Bonchev–Trinajstić information content (AvgIpc) is 2.76. The summed E-state index contributed by atoms with van der Waals surface area (Å²) in [6.45, 7) is 1.43. The van der Waals surface area contributed by atoms with Crippen molar-refractivity contribution in [3.8, 4) is 0 Å². The van der Waals surface area contributed by atoms with Gasteiger partial charge < -0.3 is 21.7 Å². The largest absolute Gasteiger partial charge is 0.374 e. The molecule has 2 amide bonds. The summed E-state index contributed by atoms with van der Waals surface area (Å²) in [5, 5.41) is 2.72. The number of amides is 2. The first-order valence-electron chi connectivity index (χ1n) is 6.62. The lowest BCUT2D eigenvalue weighted by molar-refractivity contribution is -0.126. The van der Waals surface area contributed by atoms with Gasteiger partial charge in [0.2, 0.25) is 11.8 Å². The highest BCUT2D eigenvalue weighted by molar-refractivity contribution is 5.87. The predicted molar refractivity (Wildman–Crippen MR) is 77.0 cm³/mol. The third kappa shape index (κ3) is 3.27. The molecule has 1 aromatic rings. The van der Waals surface area contributed by atoms with Crippen molar-refractivity contribution in [3.05, 3.63) is 29.3 Å². The SMILES string of the molecule is CN1CCc2cc(CNC(=O)[C@@H](N)CC(N)=O)ccc21. The van der Waals surface area contributed by atoms with E-state index in [1.165, 1.54) is 11.3 Å². The first-order chi connectivity index (χ1) is 9.47. The minimum Gasteiger partial charge on any atom is -0.374 e. The Kier molecular flexibility index (Phi) is 4.24. The summed E-state index contributed by atoms with van der Waals surface area (Å²) in [6.07, 6.45) is 0.885. The maximum Gasteiger partial charge on any atom is 0.237 e. The van der Waals surface area contributed by atoms with Gasteiger partial charge in [-0.3, -0.25) is 9.59 Å². The van der Waals surface area contributed by atoms with Crippen molar-refractivity contribution >= 4 is 17.5 Å². The van der Waals surface area contributed by atoms with Crippen LogP contribution in [0.3, 0.4) is 0 Å². The van der Waals surface area contributed by atoms with Crippen LogP contribution < -0.4 is 21.7 Å². The van der Waals surface area contributed by atoms with Crippen molar-refractivity contribution < 1.29 is 9.59 Å². The summed E-state index contributed by atoms with van der Waals surface area (Å²) in [5.74, 6) is -0.936. The summed E-state index contributed by atoms with van der Waals surface area (Å²) in [4.78, 5) is 24.6. The molecular formula is C14H20N4O2. The van der Waals surface area contributed by atoms with E-state index in [0.717, 1.165) is 18.5 Å². The van der Waals surface area contributed by atoms with Gasteiger partial charge >= 0.3 is 0 Å². The van der Waals surface area contributed by atoms with Gasteiger partial charge in [0.15, 0.2) is 0 Å². The molecule has 0 spiro atoms. The van der Waals surface area contributed by atoms with E-state index in [1.807, 2.05) is 6.07 Å². The number of rotatable bonds is 5. The summed E-state index contributed by atoms with van der Waals surface area (Å²) >= 11 is 0. The van der Waals surface area contributed by atoms with Crippen LogP contribution in [0.5, 0.6) is 0 Å². The maximum absolute atomic E-state index is 11.7. The molecule has 0 radical (unpaired) electrons. The van der Waals surface area contributed by atoms with Crippen LogP contribution in [-0.4, -0.2) is 31.4 Å². The Morgan fingerprint density at radius 1 is 1.45 bits per heavy atom. The molecule has 5 N–H and O–H groups in total. The fourth-order valence-corrected chi connectivity index (χ4v) is 2.36. The first-order valence-corrected chi connectivity index (χ1v) is 6.62. The summed E-state index contributed by atoms with van der Waals surface area (Å²) in [7, 11) is 2.07. The minimum atomic E-state index is -0.881. The number of anilines is 1. The van der Waals surface area contributed by atoms with Gasteiger partial charge in [0.25, 0.3) is 0 Å². The van der Waals surface area contributed by atoms with Gasteiger partial charge in [0, 0.05) is 25.8 Å². The predicted octanol–water partition coefficient (Wildman–Crippen LogP) is -0.502. The molecule has 2 rings (SSSR count). The second kappa shape index (κ2) is 5.92. The highest BCUT2D eigenvalue weighted by atomic mass is 16.2. The maximum atomic E-state index is 11.7. The molecule has 1 aromatic carbocycles. The zero-order chi connectivity index (χ0) is 14.7. The molecule has 108 valence electrons. The molecule has 1 heterocycles. The molecule has 0 unspecified atom stereocenters. The number of benzene rings is 1. The molecule has 1 atom stereocenters. The van der Waals surface area contributed by atoms with Crippen molar-refractivity contribution in [2.45, 2.75) is 25.4 Å². The Morgan fingerprint density at radius 2 is 2.20 bits per heavy atom. The lowest BCUT2D eigenvalue weighted by atomic mass is 10.1. The summed E-state index contributed by atoms with van der Waals surface area (Å²) in [5.41, 5.74) is 14.1. The molecule has 0 aliphatic carbocycles. The van der Waals surface area contributed by atoms with E-state index in [4.69, 9.17) is 11.5 Å². The molecule has 6 nitrogen and oxygen atoms in total. The highest BCUT2D eigenvalue weighted by Crippen LogP contribution is 2.27. The number of carbonyl (C=O) groups excluding carboxylic acids is 2. The highest BCUT2D eigenvalue weighted by Gasteiger charge is 2.17. The van der Waals surface area contributed by atoms with Crippen LogP contribution in [-0.2, 0) is 22.6 Å². The lowest BCUT2D eigenvalue weighted by Gasteiger charge is -2.13. The van der Waals surface area contributed by atoms with E-state index in [2.05, 4.69) is 29.4 Å². The fraction of sp³-hybridized carbons (Fsp3) is 0.429. The van der Waals surface area contributed by atoms with Crippen LogP contribution in [0.2, 0.25) is 0 Å². The van der Waals surface area contributed by atoms with Crippen molar-refractivity contribution in [3.63, 3.8) is 0 Å². The molecule has 0 saturated carbocycles. The Morgan fingerprint density at radius 3 is 2.90 bits per heavy atom. The second-order valence-corrected chi connectivity index (χ2v) is 5.13. The molecule has 1 aliphatic heterocycles. The third-order valence-electron chi connectivity index (χ3n) is 3.50. The molecule has 0 bridgehead atoms. The first kappa shape index (κ1) is 14.3. The number of nitrogens with two attached hydrogens (primary N) is 2. The van der Waals surface area contributed by atoms with Crippen LogP contribution in [0, 0.1) is 0 Å². The Labute approximate surface area is 118 Å². The number of hydrogen-bond acceptors (Lipinski definition) is 4. The zero-order valence-electron chi connectivity index (χ0n) is 11.6. The Hall–Kier alpha value is -2.08. The van der Waals surface area contributed by atoms with Crippen molar-refractivity contribution in [2.75, 3.05) is 18.5 Å². The number of nitrogens with one attached hydrogen (secondary N) is 1. The zero-order valence-corrected chi connectivity index (χ0v) is 11.6. The minimum absolute atomic E-state index is 0.138. The molecular weight excluding hydrogens is 256 g/mol. The van der Waals surface area contributed by atoms with E-state index >= 15 is 0 Å². The van der Waals surface area contributed by atoms with E-state index in [-0.39, 0.29) is 12.3 Å². The number of fused-ring (bicyclic) bond motifs is 1. The molecule has 1 aliphatic rings. The molecule has 6 heteroatoms. The molecule has 20 heavy (non-hydrogen) atoms. The van der Waals surface area contributed by atoms with E-state index < -0.39 is 11.9 Å². The quantitative estimate of drug-likeness (QED) is 0.674. The number of likely N-dealkylation sites (N-methyl/N-ethyl adjacent to an activating group) is 1. The lowest BCUT2D eigenvalue weighted by Crippen LogP contribution is -2.42. The topological polar surface area (TPSA) is 101 Å². The van der Waals surface area contributed by atoms with Gasteiger partial charge in [0.1, 0.15) is 0 Å². The fourth-order valence-electron chi connectivity index (χ4n) is 2.36. The summed E-state index contributed by atoms with van der Waals surface area (Å²) in [6, 6.07) is 5.26. The van der Waals surface area contributed by atoms with Gasteiger partial charge in [-0.15, -0.1) is 0 Å². The second-order valence-electron chi connectivity index (χ2n) is 5.13. The van der Waals surface area contributed by atoms with Crippen molar-refractivity contribution in [1.29, 1.82) is 0 Å². The Bertz CT molecular complexity index is 530. The van der Waals surface area contributed by atoms with Crippen molar-refractivity contribution in [2.24, 2.45) is 11.5 Å². The normalized spacial score (nSPS) is 14.8. The average molecular weight is 276 g/mol. The van der Waals surface area contributed by atoms with Crippen LogP contribution in [0.15, 0.2) is 18.2 Å². The van der Waals surface area contributed by atoms with Gasteiger partial charge in [0.05, 0.1) is 12.5 Å². The Balaban J connectivity index is 1.92. The number of carbonyl (C=O) groups is 2. The van der Waals surface area contributed by atoms with Crippen LogP contribution in [0.25, 0.3) is 0 Å². The van der Waals surface area contributed by atoms with E-state index in [9.17, 15) is 9.59 Å².